The van der Waals surface area contributed by atoms with Crippen molar-refractivity contribution in [1.82, 2.24) is 0 Å². The van der Waals surface area contributed by atoms with Gasteiger partial charge in [-0.05, 0) is 104 Å². The van der Waals surface area contributed by atoms with Gasteiger partial charge in [-0.3, -0.25) is 4.79 Å². The van der Waals surface area contributed by atoms with Crippen LogP contribution in [-0.4, -0.2) is 12.2 Å². The van der Waals surface area contributed by atoms with Crippen LogP contribution in [0.5, 0.6) is 0 Å². The van der Waals surface area contributed by atoms with Gasteiger partial charge in [0.1, 0.15) is 11.7 Å². The van der Waals surface area contributed by atoms with E-state index in [4.69, 9.17) is 5.73 Å². The van der Waals surface area contributed by atoms with E-state index in [1.165, 1.54) is 64.2 Å². The summed E-state index contributed by atoms with van der Waals surface area (Å²) in [5, 5.41) is 0. The summed E-state index contributed by atoms with van der Waals surface area (Å²) in [5.74, 6) is 4.48. The maximum Gasteiger partial charge on any atom is 0.231 e. The predicted octanol–water partition coefficient (Wildman–Crippen LogP) is 6.78. The average molecular weight is 444 g/mol. The molecule has 4 saturated carbocycles. The van der Waals surface area contributed by atoms with Gasteiger partial charge in [0.2, 0.25) is 5.91 Å². The number of carbonyl (C=O) groups is 2. The van der Waals surface area contributed by atoms with Crippen LogP contribution in [0.3, 0.4) is 0 Å². The van der Waals surface area contributed by atoms with Crippen molar-refractivity contribution < 1.29 is 9.59 Å². The zero-order chi connectivity index (χ0) is 23.3. The second-order valence-corrected chi connectivity index (χ2v) is 13.3. The molecule has 2 N–H and O–H groups in total. The molecule has 0 aromatic heterocycles. The standard InChI is InChI=1S/C29H49NO2/c1-19(2)8-6-9-20(3)23-13-14-24-22-12-11-21-10-7-16-29(18-31,26(30)32)28(21,5)25(22)15-17-27(23,24)4/h18-25H,6-17H2,1-5H3,(H2,30,32)/t20-,21?,22+,23-,24+,25+,27-,28+,29?/m1/s1. The third-order valence-electron chi connectivity index (χ3n) is 11.8. The summed E-state index contributed by atoms with van der Waals surface area (Å²) < 4.78 is 0. The predicted molar refractivity (Wildman–Crippen MR) is 131 cm³/mol. The number of primary amides is 1. The van der Waals surface area contributed by atoms with Gasteiger partial charge in [-0.25, -0.2) is 0 Å². The first-order chi connectivity index (χ1) is 15.1. The third-order valence-corrected chi connectivity index (χ3v) is 11.8. The Labute approximate surface area is 197 Å². The van der Waals surface area contributed by atoms with E-state index in [0.717, 1.165) is 36.4 Å². The molecule has 0 saturated heterocycles. The molecule has 4 aliphatic rings. The average Bonchev–Trinajstić information content (AvgIpc) is 3.09. The number of nitrogens with two attached hydrogens (primary N) is 1. The summed E-state index contributed by atoms with van der Waals surface area (Å²) in [6.45, 7) is 12.1. The van der Waals surface area contributed by atoms with Crippen LogP contribution in [-0.2, 0) is 9.59 Å². The van der Waals surface area contributed by atoms with Crippen molar-refractivity contribution in [3.8, 4) is 0 Å². The minimum Gasteiger partial charge on any atom is -0.369 e. The van der Waals surface area contributed by atoms with Gasteiger partial charge in [0.05, 0.1) is 0 Å². The lowest BCUT2D eigenvalue weighted by molar-refractivity contribution is -0.184. The number of carbonyl (C=O) groups excluding carboxylic acids is 2. The SMILES string of the molecule is CC(C)CCC[C@@H](C)[C@H]1CC[C@H]2[C@@H]3CCC4CCCC(C=O)(C(N)=O)[C@]4(C)[C@H]3CC[C@]12C. The fourth-order valence-electron chi connectivity index (χ4n) is 10.1. The molecule has 4 rings (SSSR count). The highest BCUT2D eigenvalue weighted by atomic mass is 16.2. The summed E-state index contributed by atoms with van der Waals surface area (Å²) in [7, 11) is 0. The molecule has 9 atom stereocenters. The molecular formula is C29H49NO2. The Hall–Kier alpha value is -0.860. The van der Waals surface area contributed by atoms with E-state index < -0.39 is 5.41 Å². The minimum atomic E-state index is -0.949. The van der Waals surface area contributed by atoms with Crippen molar-refractivity contribution in [3.05, 3.63) is 0 Å². The second-order valence-electron chi connectivity index (χ2n) is 13.3. The highest BCUT2D eigenvalue weighted by molar-refractivity contribution is 5.97. The fourth-order valence-corrected chi connectivity index (χ4v) is 10.1. The zero-order valence-corrected chi connectivity index (χ0v) is 21.5. The highest BCUT2D eigenvalue weighted by Gasteiger charge is 2.67. The molecule has 2 unspecified atom stereocenters. The molecule has 4 aliphatic carbocycles. The van der Waals surface area contributed by atoms with Crippen LogP contribution in [0.25, 0.3) is 0 Å². The van der Waals surface area contributed by atoms with E-state index >= 15 is 0 Å². The lowest BCUT2D eigenvalue weighted by atomic mass is 9.38. The zero-order valence-electron chi connectivity index (χ0n) is 21.5. The van der Waals surface area contributed by atoms with Crippen LogP contribution in [0.4, 0.5) is 0 Å². The van der Waals surface area contributed by atoms with Crippen molar-refractivity contribution in [3.63, 3.8) is 0 Å². The molecule has 3 nitrogen and oxygen atoms in total. The van der Waals surface area contributed by atoms with Crippen molar-refractivity contribution >= 4 is 12.2 Å². The van der Waals surface area contributed by atoms with E-state index in [1.807, 2.05) is 0 Å². The summed E-state index contributed by atoms with van der Waals surface area (Å²) in [6.07, 6.45) is 15.5. The summed E-state index contributed by atoms with van der Waals surface area (Å²) in [4.78, 5) is 25.4. The number of fused-ring (bicyclic) bond motifs is 5. The van der Waals surface area contributed by atoms with Crippen LogP contribution in [0, 0.1) is 57.7 Å². The maximum absolute atomic E-state index is 12.8. The Balaban J connectivity index is 1.58. The Bertz CT molecular complexity index is 718. The number of amides is 1. The Kier molecular flexibility index (Phi) is 6.62. The van der Waals surface area contributed by atoms with Crippen molar-refractivity contribution in [2.24, 2.45) is 63.4 Å². The van der Waals surface area contributed by atoms with Crippen LogP contribution in [0.1, 0.15) is 112 Å². The molecular weight excluding hydrogens is 394 g/mol. The van der Waals surface area contributed by atoms with Gasteiger partial charge in [0, 0.05) is 0 Å². The number of hydrogen-bond acceptors (Lipinski definition) is 2. The molecule has 0 heterocycles. The largest absolute Gasteiger partial charge is 0.369 e. The molecule has 182 valence electrons. The first-order valence-corrected chi connectivity index (χ1v) is 13.9. The van der Waals surface area contributed by atoms with E-state index in [2.05, 4.69) is 34.6 Å². The molecule has 0 radical (unpaired) electrons. The van der Waals surface area contributed by atoms with Gasteiger partial charge in [0.15, 0.2) is 0 Å². The van der Waals surface area contributed by atoms with Gasteiger partial charge in [-0.2, -0.15) is 0 Å². The normalized spacial score (nSPS) is 46.8. The summed E-state index contributed by atoms with van der Waals surface area (Å²) in [6, 6.07) is 0. The van der Waals surface area contributed by atoms with Crippen molar-refractivity contribution in [2.75, 3.05) is 0 Å². The van der Waals surface area contributed by atoms with Gasteiger partial charge >= 0.3 is 0 Å². The summed E-state index contributed by atoms with van der Waals surface area (Å²) >= 11 is 0. The van der Waals surface area contributed by atoms with Gasteiger partial charge in [0.25, 0.3) is 0 Å². The molecule has 1 amide bonds. The maximum atomic E-state index is 12.8. The quantitative estimate of drug-likeness (QED) is 0.348. The molecule has 32 heavy (non-hydrogen) atoms. The minimum absolute atomic E-state index is 0.246. The highest BCUT2D eigenvalue weighted by Crippen LogP contribution is 2.71. The Morgan fingerprint density at radius 2 is 1.72 bits per heavy atom. The summed E-state index contributed by atoms with van der Waals surface area (Å²) in [5.41, 5.74) is 5.26. The Morgan fingerprint density at radius 3 is 2.38 bits per heavy atom. The smallest absolute Gasteiger partial charge is 0.231 e. The van der Waals surface area contributed by atoms with E-state index in [0.29, 0.717) is 29.6 Å². The molecule has 0 aromatic rings. The lowest BCUT2D eigenvalue weighted by Crippen LogP contribution is -2.64. The second kappa shape index (κ2) is 8.73. The van der Waals surface area contributed by atoms with E-state index in [9.17, 15) is 9.59 Å². The van der Waals surface area contributed by atoms with Gasteiger partial charge in [-0.15, -0.1) is 0 Å². The van der Waals surface area contributed by atoms with Crippen LogP contribution in [0.2, 0.25) is 0 Å². The van der Waals surface area contributed by atoms with E-state index in [1.54, 1.807) is 0 Å². The van der Waals surface area contributed by atoms with Crippen LogP contribution in [0.15, 0.2) is 0 Å². The van der Waals surface area contributed by atoms with Crippen LogP contribution >= 0.6 is 0 Å². The van der Waals surface area contributed by atoms with Crippen molar-refractivity contribution in [2.45, 2.75) is 112 Å². The first-order valence-electron chi connectivity index (χ1n) is 13.9. The number of aldehydes is 1. The fraction of sp³-hybridized carbons (Fsp3) is 0.931. The molecule has 0 aromatic carbocycles. The molecule has 0 spiro atoms. The Morgan fingerprint density at radius 1 is 0.969 bits per heavy atom. The number of rotatable bonds is 7. The van der Waals surface area contributed by atoms with Crippen LogP contribution < -0.4 is 5.73 Å². The first kappa shape index (κ1) is 24.3. The van der Waals surface area contributed by atoms with Gasteiger partial charge < -0.3 is 10.5 Å². The molecule has 0 bridgehead atoms. The number of hydrogen-bond donors (Lipinski definition) is 1. The van der Waals surface area contributed by atoms with Gasteiger partial charge in [-0.1, -0.05) is 60.3 Å². The topological polar surface area (TPSA) is 60.2 Å². The molecule has 0 aliphatic heterocycles. The van der Waals surface area contributed by atoms with Crippen molar-refractivity contribution in [1.29, 1.82) is 0 Å². The van der Waals surface area contributed by atoms with E-state index in [-0.39, 0.29) is 11.3 Å². The molecule has 4 fully saturated rings. The molecule has 3 heteroatoms. The third kappa shape index (κ3) is 3.42. The lowest BCUT2D eigenvalue weighted by Gasteiger charge is -2.64. The monoisotopic (exact) mass is 443 g/mol.